The van der Waals surface area contributed by atoms with Crippen molar-refractivity contribution in [2.24, 2.45) is 0 Å². The first-order chi connectivity index (χ1) is 17.1. The van der Waals surface area contributed by atoms with E-state index in [1.165, 1.54) is 34.2 Å². The first kappa shape index (κ1) is 26.9. The van der Waals surface area contributed by atoms with Crippen LogP contribution in [0.5, 0.6) is 17.2 Å². The number of phenolic OH excluding ortho intramolecular Hbond substituents is 3. The number of rotatable bonds is 9. The number of amides is 1. The highest BCUT2D eigenvalue weighted by molar-refractivity contribution is 6.15. The highest BCUT2D eigenvalue weighted by Gasteiger charge is 2.33. The molecular formula is C30H38N2O4. The van der Waals surface area contributed by atoms with Crippen molar-refractivity contribution in [1.82, 2.24) is 0 Å². The van der Waals surface area contributed by atoms with Crippen LogP contribution in [0, 0.1) is 0 Å². The van der Waals surface area contributed by atoms with Crippen molar-refractivity contribution in [2.75, 3.05) is 23.4 Å². The van der Waals surface area contributed by atoms with Crippen LogP contribution >= 0.6 is 0 Å². The lowest BCUT2D eigenvalue weighted by Crippen LogP contribution is -2.30. The molecule has 1 heterocycles. The number of allylic oxidation sites excluding steroid dienone is 5. The number of fused-ring (bicyclic) bond motifs is 2. The van der Waals surface area contributed by atoms with E-state index in [0.717, 1.165) is 37.7 Å². The van der Waals surface area contributed by atoms with E-state index in [0.29, 0.717) is 22.6 Å². The van der Waals surface area contributed by atoms with Gasteiger partial charge in [-0.15, -0.1) is 0 Å². The molecule has 192 valence electrons. The first-order valence-corrected chi connectivity index (χ1v) is 12.5. The molecule has 3 rings (SSSR count). The molecule has 0 saturated carbocycles. The lowest BCUT2D eigenvalue weighted by atomic mass is 10.1. The fraction of sp³-hybridized carbons (Fsp3) is 0.367. The van der Waals surface area contributed by atoms with Gasteiger partial charge in [0.15, 0.2) is 0 Å². The molecule has 0 spiro atoms. The van der Waals surface area contributed by atoms with Crippen molar-refractivity contribution in [3.05, 3.63) is 70.8 Å². The highest BCUT2D eigenvalue weighted by Crippen LogP contribution is 2.49. The van der Waals surface area contributed by atoms with Crippen LogP contribution in [-0.4, -0.2) is 34.8 Å². The molecule has 1 amide bonds. The number of phenols is 3. The molecule has 0 bridgehead atoms. The summed E-state index contributed by atoms with van der Waals surface area (Å²) < 4.78 is 0. The number of para-hydroxylation sites is 1. The summed E-state index contributed by atoms with van der Waals surface area (Å²) in [5.74, 6) is -0.677. The van der Waals surface area contributed by atoms with Crippen LogP contribution in [0.15, 0.2) is 65.3 Å². The lowest BCUT2D eigenvalue weighted by Gasteiger charge is -2.25. The summed E-state index contributed by atoms with van der Waals surface area (Å²) in [7, 11) is 1.68. The van der Waals surface area contributed by atoms with Gasteiger partial charge in [0.05, 0.1) is 16.9 Å². The van der Waals surface area contributed by atoms with Crippen molar-refractivity contribution < 1.29 is 20.1 Å². The molecule has 3 N–H and O–H groups in total. The lowest BCUT2D eigenvalue weighted by molar-refractivity contribution is 0.0990. The minimum absolute atomic E-state index is 0.0560. The zero-order valence-corrected chi connectivity index (χ0v) is 22.0. The average Bonchev–Trinajstić information content (AvgIpc) is 2.89. The summed E-state index contributed by atoms with van der Waals surface area (Å²) in [5.41, 5.74) is 5.30. The molecule has 2 aromatic carbocycles. The Morgan fingerprint density at radius 1 is 0.861 bits per heavy atom. The van der Waals surface area contributed by atoms with E-state index in [2.05, 4.69) is 39.8 Å². The van der Waals surface area contributed by atoms with Crippen molar-refractivity contribution in [3.8, 4) is 17.2 Å². The van der Waals surface area contributed by atoms with E-state index in [4.69, 9.17) is 0 Å². The Morgan fingerprint density at radius 3 is 2.31 bits per heavy atom. The largest absolute Gasteiger partial charge is 0.508 e. The second-order valence-electron chi connectivity index (χ2n) is 9.79. The second-order valence-corrected chi connectivity index (χ2v) is 9.79. The van der Waals surface area contributed by atoms with Crippen molar-refractivity contribution in [3.63, 3.8) is 0 Å². The smallest absolute Gasteiger partial charge is 0.260 e. The fourth-order valence-electron chi connectivity index (χ4n) is 4.51. The van der Waals surface area contributed by atoms with Crippen LogP contribution in [0.25, 0.3) is 0 Å². The normalized spacial score (nSPS) is 13.9. The summed E-state index contributed by atoms with van der Waals surface area (Å²) in [6.45, 7) is 8.76. The van der Waals surface area contributed by atoms with E-state index in [1.807, 2.05) is 6.08 Å². The number of hydrogen-bond donors (Lipinski definition) is 3. The van der Waals surface area contributed by atoms with E-state index in [1.54, 1.807) is 24.1 Å². The SMILES string of the molecule is CC(C)=CCC/C(C)=C/CCC/C(C)=C/CN1C(=O)c2cccc(O)c2N(C)c2c(O)cc(O)cc21. The van der Waals surface area contributed by atoms with Crippen molar-refractivity contribution in [2.45, 2.75) is 59.8 Å². The summed E-state index contributed by atoms with van der Waals surface area (Å²) in [6.07, 6.45) is 11.7. The Kier molecular flexibility index (Phi) is 8.86. The van der Waals surface area contributed by atoms with Gasteiger partial charge in [-0.2, -0.15) is 0 Å². The number of anilines is 3. The van der Waals surface area contributed by atoms with Gasteiger partial charge in [0.25, 0.3) is 5.91 Å². The van der Waals surface area contributed by atoms with Crippen LogP contribution in [0.3, 0.4) is 0 Å². The maximum atomic E-state index is 13.6. The van der Waals surface area contributed by atoms with Crippen molar-refractivity contribution in [1.29, 1.82) is 0 Å². The molecule has 0 atom stereocenters. The molecular weight excluding hydrogens is 452 g/mol. The average molecular weight is 491 g/mol. The number of carbonyl (C=O) groups is 1. The van der Waals surface area contributed by atoms with Gasteiger partial charge in [-0.25, -0.2) is 0 Å². The molecule has 0 radical (unpaired) electrons. The Labute approximate surface area is 214 Å². The zero-order valence-electron chi connectivity index (χ0n) is 22.0. The first-order valence-electron chi connectivity index (χ1n) is 12.5. The third kappa shape index (κ3) is 6.30. The van der Waals surface area contributed by atoms with Gasteiger partial charge in [-0.3, -0.25) is 4.79 Å². The predicted molar refractivity (Wildman–Crippen MR) is 148 cm³/mol. The summed E-state index contributed by atoms with van der Waals surface area (Å²) in [5, 5.41) is 31.3. The predicted octanol–water partition coefficient (Wildman–Crippen LogP) is 7.34. The van der Waals surface area contributed by atoms with E-state index < -0.39 is 0 Å². The number of carbonyl (C=O) groups excluding carboxylic acids is 1. The molecule has 1 aliphatic heterocycles. The molecule has 36 heavy (non-hydrogen) atoms. The molecule has 6 nitrogen and oxygen atoms in total. The van der Waals surface area contributed by atoms with Gasteiger partial charge in [0.1, 0.15) is 22.9 Å². The van der Waals surface area contributed by atoms with Gasteiger partial charge in [0.2, 0.25) is 0 Å². The van der Waals surface area contributed by atoms with Crippen LogP contribution in [0.4, 0.5) is 17.1 Å². The summed E-state index contributed by atoms with van der Waals surface area (Å²) in [6, 6.07) is 7.50. The maximum absolute atomic E-state index is 13.6. The fourth-order valence-corrected chi connectivity index (χ4v) is 4.51. The van der Waals surface area contributed by atoms with Gasteiger partial charge < -0.3 is 25.1 Å². The van der Waals surface area contributed by atoms with Crippen LogP contribution in [-0.2, 0) is 0 Å². The number of hydrogen-bond acceptors (Lipinski definition) is 5. The van der Waals surface area contributed by atoms with E-state index in [9.17, 15) is 20.1 Å². The molecule has 0 unspecified atom stereocenters. The summed E-state index contributed by atoms with van der Waals surface area (Å²) >= 11 is 0. The highest BCUT2D eigenvalue weighted by atomic mass is 16.3. The van der Waals surface area contributed by atoms with E-state index in [-0.39, 0.29) is 29.7 Å². The second kappa shape index (κ2) is 11.8. The molecule has 6 heteroatoms. The Hall–Kier alpha value is -3.67. The van der Waals surface area contributed by atoms with Gasteiger partial charge >= 0.3 is 0 Å². The Morgan fingerprint density at radius 2 is 1.58 bits per heavy atom. The maximum Gasteiger partial charge on any atom is 0.260 e. The molecule has 1 aliphatic rings. The minimum Gasteiger partial charge on any atom is -0.508 e. The standard InChI is InChI=1S/C30H38N2O4/c1-20(2)10-8-13-21(3)11-6-7-12-22(4)16-17-32-25-18-23(33)19-27(35)29(25)31(5)28-24(30(32)36)14-9-15-26(28)34/h9-11,14-16,18-19,33-35H,6-8,12-13,17H2,1-5H3/b21-11+,22-16+. The molecule has 0 aromatic heterocycles. The van der Waals surface area contributed by atoms with Crippen LogP contribution in [0.1, 0.15) is 70.2 Å². The van der Waals surface area contributed by atoms with Gasteiger partial charge in [-0.1, -0.05) is 41.0 Å². The number of nitrogens with zero attached hydrogens (tertiary/aromatic N) is 2. The quantitative estimate of drug-likeness (QED) is 0.253. The Bertz CT molecular complexity index is 1210. The van der Waals surface area contributed by atoms with Crippen molar-refractivity contribution >= 4 is 23.0 Å². The third-order valence-electron chi connectivity index (χ3n) is 6.49. The minimum atomic E-state index is -0.310. The monoisotopic (exact) mass is 490 g/mol. The Balaban J connectivity index is 1.78. The van der Waals surface area contributed by atoms with Gasteiger partial charge in [0, 0.05) is 25.7 Å². The van der Waals surface area contributed by atoms with Crippen LogP contribution < -0.4 is 9.80 Å². The van der Waals surface area contributed by atoms with Crippen LogP contribution in [0.2, 0.25) is 0 Å². The molecule has 0 saturated heterocycles. The number of aromatic hydroxyl groups is 3. The topological polar surface area (TPSA) is 84.2 Å². The summed E-state index contributed by atoms with van der Waals surface area (Å²) in [4.78, 5) is 16.7. The zero-order chi connectivity index (χ0) is 26.4. The number of unbranched alkanes of at least 4 members (excludes halogenated alkanes) is 1. The molecule has 0 fully saturated rings. The van der Waals surface area contributed by atoms with Gasteiger partial charge in [-0.05, 0) is 71.9 Å². The molecule has 0 aliphatic carbocycles. The van der Waals surface area contributed by atoms with E-state index >= 15 is 0 Å². The third-order valence-corrected chi connectivity index (χ3v) is 6.49. The number of benzene rings is 2. The molecule has 2 aromatic rings.